The number of halogens is 2. The fraction of sp³-hybridized carbons (Fsp3) is 0.263. The Morgan fingerprint density at radius 3 is 2.80 bits per heavy atom. The third kappa shape index (κ3) is 3.14. The fourth-order valence-corrected chi connectivity index (χ4v) is 4.33. The number of nitrogens with zero attached hydrogens (tertiary/aromatic N) is 2. The Morgan fingerprint density at radius 2 is 2.00 bits per heavy atom. The minimum absolute atomic E-state index is 0.181. The number of piperidine rings is 1. The van der Waals surface area contributed by atoms with Gasteiger partial charge in [0.1, 0.15) is 0 Å². The maximum Gasteiger partial charge on any atom is 0.253 e. The van der Waals surface area contributed by atoms with Crippen LogP contribution in [0.5, 0.6) is 0 Å². The lowest BCUT2D eigenvalue weighted by Gasteiger charge is -2.32. The number of likely N-dealkylation sites (tertiary alicyclic amines) is 1. The summed E-state index contributed by atoms with van der Waals surface area (Å²) < 4.78 is 27.6. The summed E-state index contributed by atoms with van der Waals surface area (Å²) in [5.41, 5.74) is 1.16. The lowest BCUT2D eigenvalue weighted by atomic mass is 9.98. The van der Waals surface area contributed by atoms with Crippen LogP contribution < -0.4 is 0 Å². The topological polar surface area (TPSA) is 33.2 Å². The maximum atomic E-state index is 13.4. The van der Waals surface area contributed by atoms with E-state index in [1.807, 2.05) is 24.3 Å². The first kappa shape index (κ1) is 16.1. The smallest absolute Gasteiger partial charge is 0.253 e. The van der Waals surface area contributed by atoms with E-state index in [4.69, 9.17) is 4.98 Å². The van der Waals surface area contributed by atoms with Crippen LogP contribution in [0.1, 0.15) is 34.1 Å². The van der Waals surface area contributed by atoms with Gasteiger partial charge in [0.05, 0.1) is 15.2 Å². The summed E-state index contributed by atoms with van der Waals surface area (Å²) in [6, 6.07) is 11.3. The van der Waals surface area contributed by atoms with Gasteiger partial charge >= 0.3 is 0 Å². The molecule has 0 unspecified atom stereocenters. The molecule has 4 rings (SSSR count). The third-order valence-corrected chi connectivity index (χ3v) is 5.73. The largest absolute Gasteiger partial charge is 0.338 e. The van der Waals surface area contributed by atoms with Crippen molar-refractivity contribution in [3.05, 3.63) is 64.7 Å². The highest BCUT2D eigenvalue weighted by Gasteiger charge is 2.27. The van der Waals surface area contributed by atoms with Gasteiger partial charge in [0.2, 0.25) is 0 Å². The molecule has 0 aliphatic carbocycles. The fourth-order valence-electron chi connectivity index (χ4n) is 3.24. The van der Waals surface area contributed by atoms with Gasteiger partial charge in [-0.3, -0.25) is 4.79 Å². The van der Waals surface area contributed by atoms with Crippen LogP contribution in [-0.4, -0.2) is 28.9 Å². The van der Waals surface area contributed by atoms with E-state index in [0.717, 1.165) is 40.2 Å². The van der Waals surface area contributed by atoms with Gasteiger partial charge < -0.3 is 4.90 Å². The van der Waals surface area contributed by atoms with Crippen molar-refractivity contribution >= 4 is 27.5 Å². The highest BCUT2D eigenvalue weighted by Crippen LogP contribution is 2.33. The molecule has 1 fully saturated rings. The van der Waals surface area contributed by atoms with Crippen LogP contribution in [0, 0.1) is 11.6 Å². The van der Waals surface area contributed by atoms with Crippen LogP contribution in [0.2, 0.25) is 0 Å². The van der Waals surface area contributed by atoms with Crippen LogP contribution in [-0.2, 0) is 0 Å². The molecule has 1 aromatic heterocycles. The van der Waals surface area contributed by atoms with Crippen LogP contribution in [0.15, 0.2) is 42.5 Å². The molecule has 1 atom stereocenters. The summed E-state index contributed by atoms with van der Waals surface area (Å²) in [7, 11) is 0. The Bertz CT molecular complexity index is 907. The summed E-state index contributed by atoms with van der Waals surface area (Å²) in [5.74, 6) is -2.02. The standard InChI is InChI=1S/C19H16F2N2OS/c20-14-8-7-12(10-15(14)21)19(24)23-9-3-4-13(11-23)18-22-16-5-1-2-6-17(16)25-18/h1-2,5-8,10,13H,3-4,9,11H2/t13-/m0/s1. The van der Waals surface area contributed by atoms with Crippen LogP contribution in [0.25, 0.3) is 10.2 Å². The van der Waals surface area contributed by atoms with Crippen molar-refractivity contribution in [2.24, 2.45) is 0 Å². The van der Waals surface area contributed by atoms with E-state index in [9.17, 15) is 13.6 Å². The van der Waals surface area contributed by atoms with Crippen molar-refractivity contribution in [1.82, 2.24) is 9.88 Å². The SMILES string of the molecule is O=C(c1ccc(F)c(F)c1)N1CCC[C@H](c2nc3ccccc3s2)C1. The molecule has 1 saturated heterocycles. The molecule has 128 valence electrons. The summed E-state index contributed by atoms with van der Waals surface area (Å²) >= 11 is 1.66. The lowest BCUT2D eigenvalue weighted by Crippen LogP contribution is -2.39. The molecule has 25 heavy (non-hydrogen) atoms. The first-order chi connectivity index (χ1) is 12.1. The number of carbonyl (C=O) groups excluding carboxylic acids is 1. The van der Waals surface area contributed by atoms with Crippen molar-refractivity contribution in [2.75, 3.05) is 13.1 Å². The summed E-state index contributed by atoms with van der Waals surface area (Å²) in [6.07, 6.45) is 1.84. The molecular weight excluding hydrogens is 342 g/mol. The van der Waals surface area contributed by atoms with Crippen molar-refractivity contribution in [3.63, 3.8) is 0 Å². The second-order valence-corrected chi connectivity index (χ2v) is 7.30. The molecule has 0 radical (unpaired) electrons. The average Bonchev–Trinajstić information content (AvgIpc) is 3.08. The second-order valence-electron chi connectivity index (χ2n) is 6.24. The lowest BCUT2D eigenvalue weighted by molar-refractivity contribution is 0.0706. The Hall–Kier alpha value is -2.34. The number of hydrogen-bond acceptors (Lipinski definition) is 3. The number of rotatable bonds is 2. The van der Waals surface area contributed by atoms with Crippen molar-refractivity contribution in [2.45, 2.75) is 18.8 Å². The van der Waals surface area contributed by atoms with Crippen molar-refractivity contribution in [3.8, 4) is 0 Å². The minimum Gasteiger partial charge on any atom is -0.338 e. The van der Waals surface area contributed by atoms with Crippen molar-refractivity contribution < 1.29 is 13.6 Å². The Balaban J connectivity index is 1.55. The first-order valence-electron chi connectivity index (χ1n) is 8.21. The van der Waals surface area contributed by atoms with Gasteiger partial charge in [-0.05, 0) is 43.2 Å². The molecule has 0 saturated carbocycles. The Kier molecular flexibility index (Phi) is 4.21. The van der Waals surface area contributed by atoms with Gasteiger partial charge in [0.25, 0.3) is 5.91 Å². The molecular formula is C19H16F2N2OS. The van der Waals surface area contributed by atoms with Crippen LogP contribution >= 0.6 is 11.3 Å². The van der Waals surface area contributed by atoms with Gasteiger partial charge in [-0.2, -0.15) is 0 Å². The van der Waals surface area contributed by atoms with Gasteiger partial charge in [-0.25, -0.2) is 13.8 Å². The zero-order chi connectivity index (χ0) is 17.4. The molecule has 3 aromatic rings. The number of thiazole rings is 1. The van der Waals surface area contributed by atoms with E-state index in [0.29, 0.717) is 13.1 Å². The normalized spacial score (nSPS) is 17.8. The zero-order valence-corrected chi connectivity index (χ0v) is 14.2. The summed E-state index contributed by atoms with van der Waals surface area (Å²) in [4.78, 5) is 19.0. The summed E-state index contributed by atoms with van der Waals surface area (Å²) in [5, 5.41) is 1.03. The number of carbonyl (C=O) groups is 1. The molecule has 1 amide bonds. The number of amides is 1. The minimum atomic E-state index is -0.995. The van der Waals surface area contributed by atoms with Gasteiger partial charge in [0.15, 0.2) is 11.6 Å². The third-order valence-electron chi connectivity index (χ3n) is 4.53. The van der Waals surface area contributed by atoms with E-state index in [1.54, 1.807) is 16.2 Å². The predicted molar refractivity (Wildman–Crippen MR) is 93.9 cm³/mol. The summed E-state index contributed by atoms with van der Waals surface area (Å²) in [6.45, 7) is 1.18. The van der Waals surface area contributed by atoms with Gasteiger partial charge in [0, 0.05) is 24.6 Å². The highest BCUT2D eigenvalue weighted by molar-refractivity contribution is 7.18. The molecule has 0 bridgehead atoms. The molecule has 3 nitrogen and oxygen atoms in total. The molecule has 0 N–H and O–H groups in total. The highest BCUT2D eigenvalue weighted by atomic mass is 32.1. The Labute approximate surface area is 147 Å². The van der Waals surface area contributed by atoms with Crippen molar-refractivity contribution in [1.29, 1.82) is 0 Å². The maximum absolute atomic E-state index is 13.4. The molecule has 0 spiro atoms. The first-order valence-corrected chi connectivity index (χ1v) is 9.03. The van der Waals surface area contributed by atoms with Gasteiger partial charge in [-0.1, -0.05) is 12.1 Å². The average molecular weight is 358 g/mol. The van der Waals surface area contributed by atoms with E-state index in [1.165, 1.54) is 6.07 Å². The van der Waals surface area contributed by atoms with E-state index >= 15 is 0 Å². The second kappa shape index (κ2) is 6.52. The molecule has 1 aliphatic heterocycles. The number of aromatic nitrogens is 1. The molecule has 1 aliphatic rings. The van der Waals surface area contributed by atoms with Gasteiger partial charge in [-0.15, -0.1) is 11.3 Å². The quantitative estimate of drug-likeness (QED) is 0.671. The number of para-hydroxylation sites is 1. The number of benzene rings is 2. The van der Waals surface area contributed by atoms with Crippen LogP contribution in [0.4, 0.5) is 8.78 Å². The van der Waals surface area contributed by atoms with E-state index < -0.39 is 11.6 Å². The number of fused-ring (bicyclic) bond motifs is 1. The predicted octanol–water partition coefficient (Wildman–Crippen LogP) is 4.59. The molecule has 6 heteroatoms. The van der Waals surface area contributed by atoms with E-state index in [2.05, 4.69) is 0 Å². The van der Waals surface area contributed by atoms with E-state index in [-0.39, 0.29) is 17.4 Å². The molecule has 2 aromatic carbocycles. The zero-order valence-electron chi connectivity index (χ0n) is 13.4. The molecule has 2 heterocycles. The monoisotopic (exact) mass is 358 g/mol. The Morgan fingerprint density at radius 1 is 1.16 bits per heavy atom. The van der Waals surface area contributed by atoms with Crippen LogP contribution in [0.3, 0.4) is 0 Å². The number of hydrogen-bond donors (Lipinski definition) is 0.